The van der Waals surface area contributed by atoms with Crippen molar-refractivity contribution in [2.45, 2.75) is 75.8 Å². The summed E-state index contributed by atoms with van der Waals surface area (Å²) >= 11 is 4.00. The maximum atomic E-state index is 15.4. The number of nitrogens with zero attached hydrogens (tertiary/aromatic N) is 4. The number of allylic oxidation sites excluding steroid dienone is 2. The third-order valence-corrected chi connectivity index (χ3v) is 14.4. The molecule has 4 heterocycles. The van der Waals surface area contributed by atoms with Crippen molar-refractivity contribution in [2.75, 3.05) is 64.0 Å². The smallest absolute Gasteiger partial charge is 0.268 e. The molecule has 2 aliphatic heterocycles. The summed E-state index contributed by atoms with van der Waals surface area (Å²) in [5.74, 6) is -0.369. The number of benzene rings is 2. The lowest BCUT2D eigenvalue weighted by Crippen LogP contribution is -2.47. The van der Waals surface area contributed by atoms with Gasteiger partial charge < -0.3 is 24.7 Å². The number of H-pyrrole nitrogens is 1. The predicted molar refractivity (Wildman–Crippen MR) is 254 cm³/mol. The number of fused-ring (bicyclic) bond motifs is 1. The Morgan fingerprint density at radius 1 is 1.05 bits per heavy atom. The third-order valence-electron chi connectivity index (χ3n) is 12.0. The Kier molecular flexibility index (Phi) is 14.7. The molecule has 18 heteroatoms. The number of anilines is 3. The van der Waals surface area contributed by atoms with Gasteiger partial charge in [-0.1, -0.05) is 31.6 Å². The minimum Gasteiger partial charge on any atom is -0.455 e. The number of aromatic nitrogens is 2. The molecule has 12 nitrogen and oxygen atoms in total. The number of nitrogens with one attached hydrogen (secondary N) is 3. The van der Waals surface area contributed by atoms with E-state index < -0.39 is 28.0 Å². The number of amides is 1. The number of hydrogen-bond donors (Lipinski definition) is 3. The van der Waals surface area contributed by atoms with Crippen LogP contribution in [-0.4, -0.2) is 93.8 Å². The number of rotatable bonds is 16. The topological polar surface area (TPSA) is 132 Å². The van der Waals surface area contributed by atoms with E-state index in [2.05, 4.69) is 50.2 Å². The lowest BCUT2D eigenvalue weighted by Gasteiger charge is -2.39. The summed E-state index contributed by atoms with van der Waals surface area (Å²) in [6.07, 6.45) is 5.11. The number of carbonyl (C=O) groups excluding carboxylic acids is 1. The van der Waals surface area contributed by atoms with Gasteiger partial charge in [0.15, 0.2) is 0 Å². The van der Waals surface area contributed by atoms with Crippen molar-refractivity contribution in [3.05, 3.63) is 89.8 Å². The molecule has 0 unspecified atom stereocenters. The van der Waals surface area contributed by atoms with Gasteiger partial charge in [0.2, 0.25) is 0 Å². The average Bonchev–Trinajstić information content (AvgIpc) is 3.71. The fourth-order valence-corrected chi connectivity index (χ4v) is 10.0. The number of ether oxygens (including phenoxy) is 2. The molecule has 3 aliphatic rings. The number of alkyl halides is 3. The molecule has 2 aromatic heterocycles. The summed E-state index contributed by atoms with van der Waals surface area (Å²) in [6.45, 7) is 12.5. The first-order valence-electron chi connectivity index (χ1n) is 20.7. The van der Waals surface area contributed by atoms with E-state index >= 15 is 4.39 Å². The summed E-state index contributed by atoms with van der Waals surface area (Å²) in [5, 5.41) is 3.93. The van der Waals surface area contributed by atoms with Gasteiger partial charge in [-0.3, -0.25) is 11.0 Å². The zero-order valence-electron chi connectivity index (χ0n) is 34.8. The Labute approximate surface area is 389 Å². The molecule has 3 N–H and O–H groups in total. The Morgan fingerprint density at radius 2 is 1.81 bits per heavy atom. The van der Waals surface area contributed by atoms with Crippen LogP contribution in [-0.2, 0) is 14.8 Å². The van der Waals surface area contributed by atoms with Crippen LogP contribution in [0.1, 0.15) is 69.2 Å². The molecule has 0 bridgehead atoms. The zero-order chi connectivity index (χ0) is 44.2. The molecule has 62 heavy (non-hydrogen) atoms. The summed E-state index contributed by atoms with van der Waals surface area (Å²) in [7, 11) is -4.39. The SMILES string of the molecule is C=C(CCC1=C(CN2CCN(c3ccc(C(=O)NS(=O)(=O)c4ccc(NCC5(F)CCOCC5)c(N(I)I)c4)c(Oc4cnc5[nH]ccc5c4)c3)CC2)CCC(C)(C)C1)C(F)F. The van der Waals surface area contributed by atoms with E-state index in [1.54, 1.807) is 37.9 Å². The van der Waals surface area contributed by atoms with Gasteiger partial charge >= 0.3 is 0 Å². The number of pyridine rings is 1. The predicted octanol–water partition coefficient (Wildman–Crippen LogP) is 10.1. The Balaban J connectivity index is 1.08. The molecule has 1 aliphatic carbocycles. The number of carbonyl (C=O) groups is 1. The van der Waals surface area contributed by atoms with Crippen molar-refractivity contribution in [1.29, 1.82) is 0 Å². The van der Waals surface area contributed by atoms with Crippen molar-refractivity contribution in [1.82, 2.24) is 19.6 Å². The van der Waals surface area contributed by atoms with Gasteiger partial charge in [-0.25, -0.2) is 31.3 Å². The molecular weight excluding hydrogens is 1050 g/mol. The molecule has 0 saturated carbocycles. The highest BCUT2D eigenvalue weighted by Gasteiger charge is 2.33. The van der Waals surface area contributed by atoms with Gasteiger partial charge in [-0.2, -0.15) is 0 Å². The lowest BCUT2D eigenvalue weighted by atomic mass is 9.73. The first-order chi connectivity index (χ1) is 29.5. The Morgan fingerprint density at radius 3 is 2.53 bits per heavy atom. The first-order valence-corrected chi connectivity index (χ1v) is 24.1. The third kappa shape index (κ3) is 11.6. The van der Waals surface area contributed by atoms with Crippen molar-refractivity contribution < 1.29 is 35.9 Å². The van der Waals surface area contributed by atoms with E-state index in [0.29, 0.717) is 61.9 Å². The average molecular weight is 1100 g/mol. The molecule has 4 aromatic rings. The van der Waals surface area contributed by atoms with Gasteiger partial charge in [0.1, 0.15) is 22.8 Å². The minimum atomic E-state index is -4.39. The van der Waals surface area contributed by atoms with E-state index in [9.17, 15) is 22.0 Å². The molecule has 1 amide bonds. The maximum absolute atomic E-state index is 15.4. The minimum absolute atomic E-state index is 0.00645. The van der Waals surface area contributed by atoms with Crippen LogP contribution < -0.4 is 21.0 Å². The lowest BCUT2D eigenvalue weighted by molar-refractivity contribution is -0.00115. The number of piperazine rings is 1. The molecule has 2 saturated heterocycles. The molecule has 0 spiro atoms. The van der Waals surface area contributed by atoms with Gasteiger partial charge in [0.05, 0.1) is 73.8 Å². The van der Waals surface area contributed by atoms with Gasteiger partial charge in [0.25, 0.3) is 22.4 Å². The van der Waals surface area contributed by atoms with Crippen LogP contribution in [0.3, 0.4) is 0 Å². The molecule has 0 radical (unpaired) electrons. The molecule has 334 valence electrons. The monoisotopic (exact) mass is 1100 g/mol. The second-order valence-corrected chi connectivity index (χ2v) is 22.6. The second kappa shape index (κ2) is 19.6. The molecule has 2 aromatic carbocycles. The summed E-state index contributed by atoms with van der Waals surface area (Å²) in [6, 6.07) is 13.1. The van der Waals surface area contributed by atoms with Gasteiger partial charge in [-0.05, 0) is 85.6 Å². The van der Waals surface area contributed by atoms with E-state index in [0.717, 1.165) is 50.0 Å². The number of sulfonamides is 1. The van der Waals surface area contributed by atoms with Crippen LogP contribution in [0.5, 0.6) is 11.5 Å². The summed E-state index contributed by atoms with van der Waals surface area (Å²) < 4.78 is 85.1. The van der Waals surface area contributed by atoms with Crippen LogP contribution in [0.4, 0.5) is 30.2 Å². The largest absolute Gasteiger partial charge is 0.455 e. The standard InChI is InChI=1S/C44H52F3I2N7O5S/c1-29(40(45)46)4-5-31-25-43(2,3)12-10-32(31)27-54-16-18-55(19-17-54)33-6-8-36(39(23-33)61-34-22-30-11-15-50-41(30)51-26-34)42(57)53-62(58,59)35-7-9-37(38(24-35)56(48)49)52-28-44(47)13-20-60-21-14-44/h6-9,11,15,22-24,26,40,52H,1,4-5,10,12-14,16-21,25,27-28H2,2-3H3,(H,50,51)(H,53,57). The van der Waals surface area contributed by atoms with E-state index in [1.165, 1.54) is 29.5 Å². The van der Waals surface area contributed by atoms with Gasteiger partial charge in [-0.15, -0.1) is 0 Å². The second-order valence-electron chi connectivity index (χ2n) is 17.1. The maximum Gasteiger partial charge on any atom is 0.268 e. The first kappa shape index (κ1) is 46.4. The fourth-order valence-electron chi connectivity index (χ4n) is 8.22. The van der Waals surface area contributed by atoms with Crippen molar-refractivity contribution in [3.8, 4) is 11.5 Å². The van der Waals surface area contributed by atoms with Crippen LogP contribution in [0.2, 0.25) is 0 Å². The molecule has 0 atom stereocenters. The molecular formula is C44H52F3I2N7O5S. The van der Waals surface area contributed by atoms with E-state index in [-0.39, 0.29) is 46.6 Å². The summed E-state index contributed by atoms with van der Waals surface area (Å²) in [5.41, 5.74) is 3.78. The number of aromatic amines is 1. The Bertz CT molecular complexity index is 2420. The highest BCUT2D eigenvalue weighted by atomic mass is 127. The number of hydrogen-bond acceptors (Lipinski definition) is 10. The van der Waals surface area contributed by atoms with Crippen LogP contribution >= 0.6 is 45.7 Å². The van der Waals surface area contributed by atoms with E-state index in [1.807, 2.05) is 51.8 Å². The Hall–Kier alpha value is -3.60. The quantitative estimate of drug-likeness (QED) is 0.0566. The molecule has 7 rings (SSSR count). The highest BCUT2D eigenvalue weighted by Crippen LogP contribution is 2.42. The van der Waals surface area contributed by atoms with Gasteiger partial charge in [0, 0.05) is 88.7 Å². The van der Waals surface area contributed by atoms with Crippen molar-refractivity contribution in [2.24, 2.45) is 5.41 Å². The fraction of sp³-hybridized carbons (Fsp3) is 0.455. The van der Waals surface area contributed by atoms with Crippen LogP contribution in [0.15, 0.2) is 89.1 Å². The van der Waals surface area contributed by atoms with Crippen LogP contribution in [0.25, 0.3) is 11.0 Å². The zero-order valence-corrected chi connectivity index (χ0v) is 39.9. The van der Waals surface area contributed by atoms with Crippen molar-refractivity contribution in [3.63, 3.8) is 0 Å². The number of halogens is 5. The highest BCUT2D eigenvalue weighted by molar-refractivity contribution is 14.2. The summed E-state index contributed by atoms with van der Waals surface area (Å²) in [4.78, 5) is 25.9. The normalized spacial score (nSPS) is 18.2. The van der Waals surface area contributed by atoms with Crippen molar-refractivity contribution >= 4 is 89.8 Å². The van der Waals surface area contributed by atoms with E-state index in [4.69, 9.17) is 9.47 Å². The van der Waals surface area contributed by atoms with Crippen LogP contribution in [0, 0.1) is 5.41 Å². The molecule has 2 fully saturated rings.